The van der Waals surface area contributed by atoms with Gasteiger partial charge in [0.25, 0.3) is 0 Å². The first kappa shape index (κ1) is 13.1. The molecule has 1 aliphatic rings. The molecule has 2 rings (SSSR count). The van der Waals surface area contributed by atoms with Gasteiger partial charge in [-0.05, 0) is 30.4 Å². The first-order valence-electron chi connectivity index (χ1n) is 6.80. The Labute approximate surface area is 109 Å². The van der Waals surface area contributed by atoms with E-state index in [4.69, 9.17) is 5.73 Å². The third kappa shape index (κ3) is 3.33. The van der Waals surface area contributed by atoms with Gasteiger partial charge in [0.05, 0.1) is 0 Å². The molecule has 1 heterocycles. The van der Waals surface area contributed by atoms with Crippen LogP contribution in [0.5, 0.6) is 0 Å². The minimum Gasteiger partial charge on any atom is -0.338 e. The number of nitrogens with two attached hydrogens (primary N) is 1. The van der Waals surface area contributed by atoms with Crippen LogP contribution in [0.3, 0.4) is 0 Å². The van der Waals surface area contributed by atoms with E-state index >= 15 is 0 Å². The Hall–Kier alpha value is -1.35. The Morgan fingerprint density at radius 2 is 1.89 bits per heavy atom. The lowest BCUT2D eigenvalue weighted by Crippen LogP contribution is -2.30. The molecule has 98 valence electrons. The summed E-state index contributed by atoms with van der Waals surface area (Å²) in [6.07, 6.45) is 3.38. The maximum atomic E-state index is 12.0. The fraction of sp³-hybridized carbons (Fsp3) is 0.533. The zero-order valence-electron chi connectivity index (χ0n) is 11.1. The van der Waals surface area contributed by atoms with Gasteiger partial charge in [-0.3, -0.25) is 4.79 Å². The van der Waals surface area contributed by atoms with Gasteiger partial charge in [-0.15, -0.1) is 0 Å². The number of hydrogen-bond donors (Lipinski definition) is 1. The Kier molecular flexibility index (Phi) is 4.37. The van der Waals surface area contributed by atoms with Gasteiger partial charge in [0, 0.05) is 25.6 Å². The summed E-state index contributed by atoms with van der Waals surface area (Å²) < 4.78 is 0. The number of nitrogens with zero attached hydrogens (tertiary/aromatic N) is 1. The van der Waals surface area contributed by atoms with Crippen molar-refractivity contribution in [3.8, 4) is 0 Å². The van der Waals surface area contributed by atoms with Crippen molar-refractivity contribution < 1.29 is 4.79 Å². The van der Waals surface area contributed by atoms with Crippen molar-refractivity contribution in [2.45, 2.75) is 45.2 Å². The molecule has 0 bridgehead atoms. The molecule has 18 heavy (non-hydrogen) atoms. The summed E-state index contributed by atoms with van der Waals surface area (Å²) in [6, 6.07) is 8.71. The van der Waals surface area contributed by atoms with Crippen molar-refractivity contribution in [2.75, 3.05) is 6.54 Å². The predicted octanol–water partition coefficient (Wildman–Crippen LogP) is 2.09. The zero-order valence-corrected chi connectivity index (χ0v) is 11.1. The Bertz CT molecular complexity index is 399. The van der Waals surface area contributed by atoms with Crippen LogP contribution in [0.15, 0.2) is 24.3 Å². The number of likely N-dealkylation sites (tertiary alicyclic amines) is 1. The molecule has 3 nitrogen and oxygen atoms in total. The molecule has 0 aliphatic carbocycles. The van der Waals surface area contributed by atoms with E-state index in [-0.39, 0.29) is 11.9 Å². The van der Waals surface area contributed by atoms with Crippen LogP contribution in [0.4, 0.5) is 0 Å². The summed E-state index contributed by atoms with van der Waals surface area (Å²) in [7, 11) is 0. The third-order valence-electron chi connectivity index (χ3n) is 3.66. The van der Waals surface area contributed by atoms with Crippen LogP contribution in [0.2, 0.25) is 0 Å². The summed E-state index contributed by atoms with van der Waals surface area (Å²) in [5.74, 6) is 0.238. The molecule has 2 N–H and O–H groups in total. The second-order valence-corrected chi connectivity index (χ2v) is 5.07. The number of carbonyl (C=O) groups excluding carboxylic acids is 1. The normalized spacial score (nSPS) is 20.9. The number of amides is 1. The Morgan fingerprint density at radius 3 is 2.56 bits per heavy atom. The van der Waals surface area contributed by atoms with Crippen LogP contribution in [-0.2, 0) is 17.8 Å². The molecule has 0 spiro atoms. The SMILES string of the molecule is CCc1ccc(CN2CCC(N)CCC2=O)cc1. The molecule has 0 aromatic heterocycles. The number of carbonyl (C=O) groups is 1. The van der Waals surface area contributed by atoms with Crippen LogP contribution in [-0.4, -0.2) is 23.4 Å². The fourth-order valence-corrected chi connectivity index (χ4v) is 2.33. The van der Waals surface area contributed by atoms with E-state index in [1.165, 1.54) is 11.1 Å². The van der Waals surface area contributed by atoms with E-state index in [0.29, 0.717) is 6.42 Å². The summed E-state index contributed by atoms with van der Waals surface area (Å²) in [5.41, 5.74) is 8.45. The van der Waals surface area contributed by atoms with Gasteiger partial charge in [0.2, 0.25) is 5.91 Å². The van der Waals surface area contributed by atoms with Gasteiger partial charge >= 0.3 is 0 Å². The average molecular weight is 246 g/mol. The van der Waals surface area contributed by atoms with Gasteiger partial charge in [-0.25, -0.2) is 0 Å². The summed E-state index contributed by atoms with van der Waals surface area (Å²) in [6.45, 7) is 3.65. The van der Waals surface area contributed by atoms with Crippen LogP contribution in [0, 0.1) is 0 Å². The monoisotopic (exact) mass is 246 g/mol. The Morgan fingerprint density at radius 1 is 1.22 bits per heavy atom. The van der Waals surface area contributed by atoms with Gasteiger partial charge in [-0.1, -0.05) is 31.2 Å². The van der Waals surface area contributed by atoms with Crippen molar-refractivity contribution in [1.29, 1.82) is 0 Å². The summed E-state index contributed by atoms with van der Waals surface area (Å²) >= 11 is 0. The van der Waals surface area contributed by atoms with E-state index in [1.807, 2.05) is 4.90 Å². The minimum absolute atomic E-state index is 0.182. The molecule has 1 unspecified atom stereocenters. The first-order chi connectivity index (χ1) is 8.69. The maximum absolute atomic E-state index is 12.0. The summed E-state index contributed by atoms with van der Waals surface area (Å²) in [5, 5.41) is 0. The molecule has 1 saturated heterocycles. The van der Waals surface area contributed by atoms with Crippen molar-refractivity contribution in [3.05, 3.63) is 35.4 Å². The van der Waals surface area contributed by atoms with E-state index < -0.39 is 0 Å². The third-order valence-corrected chi connectivity index (χ3v) is 3.66. The standard InChI is InChI=1S/C15H22N2O/c1-2-12-3-5-13(6-4-12)11-17-10-9-14(16)7-8-15(17)18/h3-6,14H,2,7-11,16H2,1H3. The number of rotatable bonds is 3. The second-order valence-electron chi connectivity index (χ2n) is 5.07. The molecule has 1 aromatic carbocycles. The predicted molar refractivity (Wildman–Crippen MR) is 73.1 cm³/mol. The van der Waals surface area contributed by atoms with E-state index in [2.05, 4.69) is 31.2 Å². The summed E-state index contributed by atoms with van der Waals surface area (Å²) in [4.78, 5) is 13.9. The lowest BCUT2D eigenvalue weighted by molar-refractivity contribution is -0.131. The number of aryl methyl sites for hydroxylation is 1. The molecule has 3 heteroatoms. The van der Waals surface area contributed by atoms with Gasteiger partial charge in [0.1, 0.15) is 0 Å². The van der Waals surface area contributed by atoms with E-state index in [0.717, 1.165) is 32.4 Å². The maximum Gasteiger partial charge on any atom is 0.222 e. The van der Waals surface area contributed by atoms with Crippen LogP contribution >= 0.6 is 0 Å². The van der Waals surface area contributed by atoms with Gasteiger partial charge in [0.15, 0.2) is 0 Å². The van der Waals surface area contributed by atoms with Crippen LogP contribution in [0.25, 0.3) is 0 Å². The zero-order chi connectivity index (χ0) is 13.0. The molecule has 1 fully saturated rings. The highest BCUT2D eigenvalue weighted by molar-refractivity contribution is 5.76. The molecule has 1 amide bonds. The highest BCUT2D eigenvalue weighted by Gasteiger charge is 2.20. The van der Waals surface area contributed by atoms with Crippen molar-refractivity contribution in [3.63, 3.8) is 0 Å². The lowest BCUT2D eigenvalue weighted by Gasteiger charge is -2.20. The van der Waals surface area contributed by atoms with Crippen LogP contribution in [0.1, 0.15) is 37.3 Å². The number of benzene rings is 1. The van der Waals surface area contributed by atoms with Crippen molar-refractivity contribution in [1.82, 2.24) is 4.90 Å². The lowest BCUT2D eigenvalue weighted by atomic mass is 10.1. The van der Waals surface area contributed by atoms with E-state index in [1.54, 1.807) is 0 Å². The average Bonchev–Trinajstić information content (AvgIpc) is 2.55. The molecular formula is C15H22N2O. The molecule has 1 aliphatic heterocycles. The Balaban J connectivity index is 2.00. The van der Waals surface area contributed by atoms with Gasteiger partial charge in [-0.2, -0.15) is 0 Å². The van der Waals surface area contributed by atoms with Crippen molar-refractivity contribution in [2.24, 2.45) is 5.73 Å². The smallest absolute Gasteiger partial charge is 0.222 e. The molecule has 0 saturated carbocycles. The topological polar surface area (TPSA) is 46.3 Å². The van der Waals surface area contributed by atoms with Crippen molar-refractivity contribution >= 4 is 5.91 Å². The fourth-order valence-electron chi connectivity index (χ4n) is 2.33. The highest BCUT2D eigenvalue weighted by atomic mass is 16.2. The molecule has 1 aromatic rings. The molecule has 1 atom stereocenters. The van der Waals surface area contributed by atoms with E-state index in [9.17, 15) is 4.79 Å². The largest absolute Gasteiger partial charge is 0.338 e. The quantitative estimate of drug-likeness (QED) is 0.887. The first-order valence-corrected chi connectivity index (χ1v) is 6.80. The van der Waals surface area contributed by atoms with Crippen LogP contribution < -0.4 is 5.73 Å². The second kappa shape index (κ2) is 6.01. The highest BCUT2D eigenvalue weighted by Crippen LogP contribution is 2.14. The molecule has 0 radical (unpaired) electrons. The minimum atomic E-state index is 0.182. The van der Waals surface area contributed by atoms with Gasteiger partial charge < -0.3 is 10.6 Å². The molecular weight excluding hydrogens is 224 g/mol. The number of hydrogen-bond acceptors (Lipinski definition) is 2.